The molecule has 0 spiro atoms. The van der Waals surface area contributed by atoms with Gasteiger partial charge in [-0.25, -0.2) is 10.1 Å². The number of hydrogen-bond donors (Lipinski definition) is 2. The third kappa shape index (κ3) is 3.44. The number of primary amides is 1. The van der Waals surface area contributed by atoms with E-state index >= 15 is 0 Å². The van der Waals surface area contributed by atoms with E-state index in [-0.39, 0.29) is 36.8 Å². The lowest BCUT2D eigenvalue weighted by Gasteiger charge is -2.17. The van der Waals surface area contributed by atoms with Crippen LogP contribution in [0.4, 0.5) is 4.79 Å². The maximum atomic E-state index is 11.3. The predicted molar refractivity (Wildman–Crippen MR) is 43.3 cm³/mol. The zero-order valence-electron chi connectivity index (χ0n) is 8.43. The average Bonchev–Trinajstić information content (AvgIpc) is 2.04. The Morgan fingerprint density at radius 2 is 1.86 bits per heavy atom. The summed E-state index contributed by atoms with van der Waals surface area (Å²) < 4.78 is 0. The number of carbonyl (C=O) groups is 2. The van der Waals surface area contributed by atoms with Gasteiger partial charge in [-0.2, -0.15) is 0 Å². The van der Waals surface area contributed by atoms with E-state index in [1.165, 1.54) is 5.32 Å². The van der Waals surface area contributed by atoms with E-state index in [9.17, 15) is 9.59 Å². The molecule has 1 aliphatic heterocycles. The van der Waals surface area contributed by atoms with Crippen LogP contribution in [0.25, 0.3) is 0 Å². The fraction of sp³-hybridized carbons (Fsp3) is 0.750. The summed E-state index contributed by atoms with van der Waals surface area (Å²) in [4.78, 5) is 22.1. The maximum absolute atomic E-state index is 11.3. The molecule has 0 aliphatic carbocycles. The lowest BCUT2D eigenvalue weighted by Crippen LogP contribution is -3.00. The highest BCUT2D eigenvalue weighted by Gasteiger charge is 2.47. The number of halogens is 2. The van der Waals surface area contributed by atoms with E-state index < -0.39 is 5.54 Å². The van der Waals surface area contributed by atoms with E-state index in [4.69, 9.17) is 0 Å². The number of nitrogens with two attached hydrogens (primary N) is 1. The predicted octanol–water partition coefficient (Wildman–Crippen LogP) is -6.39. The van der Waals surface area contributed by atoms with Crippen molar-refractivity contribution in [3.05, 3.63) is 0 Å². The first-order valence-corrected chi connectivity index (χ1v) is 4.15. The fourth-order valence-electron chi connectivity index (χ4n) is 1.65. The average molecular weight is 242 g/mol. The lowest BCUT2D eigenvalue weighted by atomic mass is 9.91. The molecular weight excluding hydrogens is 227 g/mol. The molecule has 0 saturated carbocycles. The molecule has 0 bridgehead atoms. The highest BCUT2D eigenvalue weighted by Crippen LogP contribution is 2.14. The van der Waals surface area contributed by atoms with Gasteiger partial charge >= 0.3 is 6.03 Å². The summed E-state index contributed by atoms with van der Waals surface area (Å²) in [5, 5.41) is 3.76. The van der Waals surface area contributed by atoms with E-state index in [1.807, 2.05) is 13.8 Å². The van der Waals surface area contributed by atoms with Crippen LogP contribution in [0.15, 0.2) is 0 Å². The number of quaternary nitrogens is 1. The molecule has 1 unspecified atom stereocenters. The molecule has 6 heteroatoms. The van der Waals surface area contributed by atoms with Crippen LogP contribution in [-0.2, 0) is 4.79 Å². The van der Waals surface area contributed by atoms with E-state index in [0.29, 0.717) is 5.92 Å². The van der Waals surface area contributed by atoms with Crippen molar-refractivity contribution in [1.82, 2.24) is 5.32 Å². The van der Waals surface area contributed by atoms with Gasteiger partial charge in [-0.1, -0.05) is 13.8 Å². The minimum absolute atomic E-state index is 0. The first-order chi connectivity index (χ1) is 5.44. The highest BCUT2D eigenvalue weighted by molar-refractivity contribution is 5.99. The van der Waals surface area contributed by atoms with Crippen LogP contribution >= 0.6 is 0 Å². The minimum Gasteiger partial charge on any atom is -1.00 e. The molecular formula is C8H15Cl2N2O2-. The molecule has 0 aromatic heterocycles. The van der Waals surface area contributed by atoms with Crippen LogP contribution in [0, 0.1) is 5.92 Å². The zero-order valence-corrected chi connectivity index (χ0v) is 9.95. The molecule has 1 rings (SSSR count). The van der Waals surface area contributed by atoms with Gasteiger partial charge in [0, 0.05) is 13.3 Å². The number of amides is 3. The SMILES string of the molecule is CC(C)CC1(C)[NH2+]C(=O)NC1=O.[Cl-].[Cl-]. The van der Waals surface area contributed by atoms with E-state index in [2.05, 4.69) is 5.32 Å². The number of urea groups is 1. The van der Waals surface area contributed by atoms with Gasteiger partial charge in [0.1, 0.15) is 0 Å². The molecule has 3 amide bonds. The number of imide groups is 1. The van der Waals surface area contributed by atoms with Crippen LogP contribution in [-0.4, -0.2) is 17.5 Å². The molecule has 1 saturated heterocycles. The van der Waals surface area contributed by atoms with Crippen molar-refractivity contribution < 1.29 is 39.7 Å². The molecule has 4 nitrogen and oxygen atoms in total. The molecule has 0 aromatic rings. The monoisotopic (exact) mass is 241 g/mol. The first-order valence-electron chi connectivity index (χ1n) is 4.15. The van der Waals surface area contributed by atoms with Crippen LogP contribution in [0.1, 0.15) is 27.2 Å². The van der Waals surface area contributed by atoms with Crippen molar-refractivity contribution in [2.24, 2.45) is 5.92 Å². The number of hydrogen-bond acceptors (Lipinski definition) is 2. The van der Waals surface area contributed by atoms with Crippen LogP contribution in [0.2, 0.25) is 0 Å². The van der Waals surface area contributed by atoms with Gasteiger partial charge in [-0.3, -0.25) is 10.1 Å². The molecule has 0 aromatic carbocycles. The Bertz CT molecular complexity index is 233. The summed E-state index contributed by atoms with van der Waals surface area (Å²) in [6.45, 7) is 5.87. The largest absolute Gasteiger partial charge is 1.00 e. The summed E-state index contributed by atoms with van der Waals surface area (Å²) in [7, 11) is 0. The summed E-state index contributed by atoms with van der Waals surface area (Å²) in [6, 6.07) is -0.261. The fourth-order valence-corrected chi connectivity index (χ4v) is 1.65. The van der Waals surface area contributed by atoms with Crippen molar-refractivity contribution in [2.45, 2.75) is 32.7 Å². The molecule has 84 valence electrons. The standard InChI is InChI=1S/C8H14N2O2.2ClH/c1-5(2)4-8(3)6(11)9-7(12)10-8;;/h5H,4H2,1-3H3,(H2,9,10,11,12);2*1H/p-1. The van der Waals surface area contributed by atoms with Gasteiger partial charge in [-0.15, -0.1) is 0 Å². The second-order valence-corrected chi connectivity index (χ2v) is 3.98. The first kappa shape index (κ1) is 16.1. The van der Waals surface area contributed by atoms with Crippen molar-refractivity contribution in [2.75, 3.05) is 0 Å². The van der Waals surface area contributed by atoms with Crippen molar-refractivity contribution in [1.29, 1.82) is 0 Å². The van der Waals surface area contributed by atoms with Crippen LogP contribution in [0.5, 0.6) is 0 Å². The van der Waals surface area contributed by atoms with E-state index in [0.717, 1.165) is 6.42 Å². The summed E-state index contributed by atoms with van der Waals surface area (Å²) in [5.41, 5.74) is -0.578. The normalized spacial score (nSPS) is 25.4. The lowest BCUT2D eigenvalue weighted by molar-refractivity contribution is -0.609. The molecule has 0 radical (unpaired) electrons. The number of rotatable bonds is 2. The Hall–Kier alpha value is -0.320. The molecule has 1 fully saturated rings. The van der Waals surface area contributed by atoms with Gasteiger partial charge < -0.3 is 24.8 Å². The second-order valence-electron chi connectivity index (χ2n) is 3.98. The molecule has 1 atom stereocenters. The van der Waals surface area contributed by atoms with Crippen molar-refractivity contribution >= 4 is 11.9 Å². The smallest absolute Gasteiger partial charge is 0.420 e. The Balaban J connectivity index is 0. The Labute approximate surface area is 96.0 Å². The molecule has 3 N–H and O–H groups in total. The van der Waals surface area contributed by atoms with Crippen molar-refractivity contribution in [3.8, 4) is 0 Å². The molecule has 1 heterocycles. The quantitative estimate of drug-likeness (QED) is 0.473. The van der Waals surface area contributed by atoms with Gasteiger partial charge in [0.2, 0.25) is 0 Å². The summed E-state index contributed by atoms with van der Waals surface area (Å²) in [5.74, 6) is 0.254. The Kier molecular flexibility index (Phi) is 6.37. The Morgan fingerprint density at radius 3 is 2.14 bits per heavy atom. The van der Waals surface area contributed by atoms with E-state index in [1.54, 1.807) is 6.92 Å². The van der Waals surface area contributed by atoms with Gasteiger partial charge in [0.25, 0.3) is 5.91 Å². The summed E-state index contributed by atoms with van der Waals surface area (Å²) in [6.07, 6.45) is 0.727. The second kappa shape index (κ2) is 5.53. The Morgan fingerprint density at radius 1 is 1.36 bits per heavy atom. The van der Waals surface area contributed by atoms with Crippen LogP contribution < -0.4 is 35.4 Å². The summed E-state index contributed by atoms with van der Waals surface area (Å²) >= 11 is 0. The van der Waals surface area contributed by atoms with Gasteiger partial charge in [-0.05, 0) is 5.92 Å². The number of nitrogens with one attached hydrogen (secondary N) is 1. The third-order valence-corrected chi connectivity index (χ3v) is 2.04. The molecule has 1 aliphatic rings. The topological polar surface area (TPSA) is 62.8 Å². The molecule has 14 heavy (non-hydrogen) atoms. The van der Waals surface area contributed by atoms with Crippen molar-refractivity contribution in [3.63, 3.8) is 0 Å². The van der Waals surface area contributed by atoms with Gasteiger partial charge in [0.15, 0.2) is 5.54 Å². The highest BCUT2D eigenvalue weighted by atomic mass is 35.5. The minimum atomic E-state index is -0.578. The van der Waals surface area contributed by atoms with Crippen LogP contribution in [0.3, 0.4) is 0 Å². The van der Waals surface area contributed by atoms with Gasteiger partial charge in [0.05, 0.1) is 0 Å². The zero-order chi connectivity index (χ0) is 9.35. The third-order valence-electron chi connectivity index (χ3n) is 2.04. The number of carbonyl (C=O) groups excluding carboxylic acids is 2. The maximum Gasteiger partial charge on any atom is 0.420 e.